The number of carbonyl (C=O) groups is 1. The molecule has 0 atom stereocenters. The lowest BCUT2D eigenvalue weighted by atomic mass is 10.0. The Labute approximate surface area is 117 Å². The number of carbonyl (C=O) groups excluding carboxylic acids is 1. The van der Waals surface area contributed by atoms with Gasteiger partial charge in [0.1, 0.15) is 0 Å². The van der Waals surface area contributed by atoms with Gasteiger partial charge in [-0.15, -0.1) is 0 Å². The van der Waals surface area contributed by atoms with Crippen molar-refractivity contribution in [2.75, 3.05) is 20.1 Å². The zero-order valence-electron chi connectivity index (χ0n) is 12.8. The average Bonchev–Trinajstić information content (AvgIpc) is 2.34. The molecule has 0 aromatic heterocycles. The van der Waals surface area contributed by atoms with Crippen LogP contribution in [0.2, 0.25) is 0 Å². The molecule has 1 N–H and O–H groups in total. The number of hydrogen-bond donors (Lipinski definition) is 1. The van der Waals surface area contributed by atoms with Crippen LogP contribution in [0.25, 0.3) is 0 Å². The van der Waals surface area contributed by atoms with E-state index in [4.69, 9.17) is 0 Å². The molecule has 0 heterocycles. The SMILES string of the molecule is Cc1ccc(CCN(C)C(=O)CNC(C)C)c(C)c1. The molecule has 1 aromatic carbocycles. The molecule has 0 saturated carbocycles. The summed E-state index contributed by atoms with van der Waals surface area (Å²) in [6.07, 6.45) is 0.913. The van der Waals surface area contributed by atoms with Crippen LogP contribution in [0.5, 0.6) is 0 Å². The first-order chi connectivity index (χ1) is 8.90. The van der Waals surface area contributed by atoms with Crippen LogP contribution in [0.1, 0.15) is 30.5 Å². The van der Waals surface area contributed by atoms with Gasteiger partial charge >= 0.3 is 0 Å². The van der Waals surface area contributed by atoms with Crippen molar-refractivity contribution in [1.82, 2.24) is 10.2 Å². The maximum Gasteiger partial charge on any atom is 0.236 e. The van der Waals surface area contributed by atoms with Crippen LogP contribution < -0.4 is 5.32 Å². The van der Waals surface area contributed by atoms with Crippen LogP contribution in [0, 0.1) is 13.8 Å². The lowest BCUT2D eigenvalue weighted by molar-refractivity contribution is -0.129. The first-order valence-electron chi connectivity index (χ1n) is 6.93. The highest BCUT2D eigenvalue weighted by Crippen LogP contribution is 2.11. The first kappa shape index (κ1) is 15.7. The average molecular weight is 262 g/mol. The molecular weight excluding hydrogens is 236 g/mol. The van der Waals surface area contributed by atoms with Crippen LogP contribution in [-0.2, 0) is 11.2 Å². The lowest BCUT2D eigenvalue weighted by Crippen LogP contribution is -2.39. The number of rotatable bonds is 6. The second-order valence-electron chi connectivity index (χ2n) is 5.53. The second-order valence-corrected chi connectivity index (χ2v) is 5.53. The minimum absolute atomic E-state index is 0.151. The van der Waals surface area contributed by atoms with Crippen molar-refractivity contribution in [2.24, 2.45) is 0 Å². The van der Waals surface area contributed by atoms with Gasteiger partial charge in [-0.2, -0.15) is 0 Å². The van der Waals surface area contributed by atoms with Gasteiger partial charge in [-0.1, -0.05) is 37.6 Å². The standard InChI is InChI=1S/C16H26N2O/c1-12(2)17-11-16(19)18(5)9-8-15-7-6-13(3)10-14(15)4/h6-7,10,12,17H,8-9,11H2,1-5H3. The number of nitrogens with zero attached hydrogens (tertiary/aromatic N) is 1. The van der Waals surface area contributed by atoms with Crippen molar-refractivity contribution in [2.45, 2.75) is 40.2 Å². The predicted octanol–water partition coefficient (Wildman–Crippen LogP) is 2.30. The fourth-order valence-electron chi connectivity index (χ4n) is 1.97. The third kappa shape index (κ3) is 5.43. The van der Waals surface area contributed by atoms with Crippen molar-refractivity contribution in [1.29, 1.82) is 0 Å². The second kappa shape index (κ2) is 7.29. The Balaban J connectivity index is 2.45. The van der Waals surface area contributed by atoms with Crippen molar-refractivity contribution in [3.05, 3.63) is 34.9 Å². The molecule has 0 bridgehead atoms. The van der Waals surface area contributed by atoms with Crippen LogP contribution in [0.4, 0.5) is 0 Å². The Morgan fingerprint density at radius 1 is 1.32 bits per heavy atom. The van der Waals surface area contributed by atoms with Crippen LogP contribution in [-0.4, -0.2) is 37.0 Å². The summed E-state index contributed by atoms with van der Waals surface area (Å²) in [5.74, 6) is 0.151. The monoisotopic (exact) mass is 262 g/mol. The largest absolute Gasteiger partial charge is 0.344 e. The van der Waals surface area contributed by atoms with E-state index in [2.05, 4.69) is 37.4 Å². The number of nitrogens with one attached hydrogen (secondary N) is 1. The molecule has 19 heavy (non-hydrogen) atoms. The number of aryl methyl sites for hydroxylation is 2. The summed E-state index contributed by atoms with van der Waals surface area (Å²) >= 11 is 0. The molecular formula is C16H26N2O. The summed E-state index contributed by atoms with van der Waals surface area (Å²) < 4.78 is 0. The van der Waals surface area contributed by atoms with Crippen molar-refractivity contribution in [3.63, 3.8) is 0 Å². The Morgan fingerprint density at radius 2 is 2.00 bits per heavy atom. The normalized spacial score (nSPS) is 10.8. The summed E-state index contributed by atoms with van der Waals surface area (Å²) in [4.78, 5) is 13.7. The van der Waals surface area contributed by atoms with Crippen LogP contribution in [0.15, 0.2) is 18.2 Å². The van der Waals surface area contributed by atoms with Gasteiger partial charge in [-0.25, -0.2) is 0 Å². The number of hydrogen-bond acceptors (Lipinski definition) is 2. The van der Waals surface area contributed by atoms with E-state index < -0.39 is 0 Å². The molecule has 0 unspecified atom stereocenters. The fourth-order valence-corrected chi connectivity index (χ4v) is 1.97. The summed E-state index contributed by atoms with van der Waals surface area (Å²) in [6.45, 7) is 9.50. The molecule has 0 radical (unpaired) electrons. The van der Waals surface area contributed by atoms with Crippen LogP contribution >= 0.6 is 0 Å². The molecule has 0 aliphatic carbocycles. The summed E-state index contributed by atoms with van der Waals surface area (Å²) in [5.41, 5.74) is 3.91. The van der Waals surface area contributed by atoms with E-state index in [9.17, 15) is 4.79 Å². The first-order valence-corrected chi connectivity index (χ1v) is 6.93. The zero-order valence-corrected chi connectivity index (χ0v) is 12.8. The van der Waals surface area contributed by atoms with Crippen molar-refractivity contribution >= 4 is 5.91 Å². The van der Waals surface area contributed by atoms with E-state index in [1.807, 2.05) is 20.9 Å². The lowest BCUT2D eigenvalue weighted by Gasteiger charge is -2.19. The Bertz CT molecular complexity index is 427. The van der Waals surface area contributed by atoms with E-state index in [-0.39, 0.29) is 5.91 Å². The Hall–Kier alpha value is -1.35. The van der Waals surface area contributed by atoms with Gasteiger partial charge < -0.3 is 10.2 Å². The third-order valence-corrected chi connectivity index (χ3v) is 3.30. The number of amides is 1. The summed E-state index contributed by atoms with van der Waals surface area (Å²) in [6, 6.07) is 6.83. The Kier molecular flexibility index (Phi) is 6.03. The molecule has 3 heteroatoms. The zero-order chi connectivity index (χ0) is 14.4. The van der Waals surface area contributed by atoms with Gasteiger partial charge in [0.2, 0.25) is 5.91 Å². The van der Waals surface area contributed by atoms with E-state index in [1.54, 1.807) is 4.90 Å². The van der Waals surface area contributed by atoms with E-state index in [1.165, 1.54) is 16.7 Å². The molecule has 3 nitrogen and oxygen atoms in total. The quantitative estimate of drug-likeness (QED) is 0.853. The number of benzene rings is 1. The molecule has 1 aromatic rings. The molecule has 0 aliphatic heterocycles. The highest BCUT2D eigenvalue weighted by Gasteiger charge is 2.09. The van der Waals surface area contributed by atoms with Crippen molar-refractivity contribution < 1.29 is 4.79 Å². The molecule has 0 fully saturated rings. The Morgan fingerprint density at radius 3 is 2.58 bits per heavy atom. The van der Waals surface area contributed by atoms with Gasteiger partial charge in [-0.3, -0.25) is 4.79 Å². The molecule has 106 valence electrons. The van der Waals surface area contributed by atoms with E-state index in [0.717, 1.165) is 13.0 Å². The minimum Gasteiger partial charge on any atom is -0.344 e. The van der Waals surface area contributed by atoms with Gasteiger partial charge in [0, 0.05) is 19.6 Å². The number of likely N-dealkylation sites (N-methyl/N-ethyl adjacent to an activating group) is 1. The summed E-state index contributed by atoms with van der Waals surface area (Å²) in [7, 11) is 1.87. The molecule has 1 rings (SSSR count). The fraction of sp³-hybridized carbons (Fsp3) is 0.562. The summed E-state index contributed by atoms with van der Waals surface area (Å²) in [5, 5.41) is 3.15. The maximum atomic E-state index is 11.9. The van der Waals surface area contributed by atoms with E-state index in [0.29, 0.717) is 12.6 Å². The van der Waals surface area contributed by atoms with Gasteiger partial charge in [-0.05, 0) is 31.4 Å². The van der Waals surface area contributed by atoms with Gasteiger partial charge in [0.25, 0.3) is 0 Å². The minimum atomic E-state index is 0.151. The predicted molar refractivity (Wildman–Crippen MR) is 80.4 cm³/mol. The van der Waals surface area contributed by atoms with Gasteiger partial charge in [0.05, 0.1) is 6.54 Å². The van der Waals surface area contributed by atoms with Gasteiger partial charge in [0.15, 0.2) is 0 Å². The highest BCUT2D eigenvalue weighted by molar-refractivity contribution is 5.78. The highest BCUT2D eigenvalue weighted by atomic mass is 16.2. The smallest absolute Gasteiger partial charge is 0.236 e. The molecule has 0 aliphatic rings. The topological polar surface area (TPSA) is 32.3 Å². The van der Waals surface area contributed by atoms with Crippen molar-refractivity contribution in [3.8, 4) is 0 Å². The molecule has 0 saturated heterocycles. The maximum absolute atomic E-state index is 11.9. The molecule has 1 amide bonds. The molecule has 0 spiro atoms. The van der Waals surface area contributed by atoms with E-state index >= 15 is 0 Å². The van der Waals surface area contributed by atoms with Crippen LogP contribution in [0.3, 0.4) is 0 Å². The third-order valence-electron chi connectivity index (χ3n) is 3.30.